The first-order valence-electron chi connectivity index (χ1n) is 5.20. The maximum atomic E-state index is 11.6. The lowest BCUT2D eigenvalue weighted by Gasteiger charge is -1.99. The molecule has 0 bridgehead atoms. The maximum absolute atomic E-state index is 11.6. The van der Waals surface area contributed by atoms with Crippen molar-refractivity contribution in [3.05, 3.63) is 45.9 Å². The second-order valence-corrected chi connectivity index (χ2v) is 4.60. The standard InChI is InChI=1S/C12H11N3O2S/c1-8-14-10(7-18-8)6-13-15-12(17)9-3-2-4-11(16)5-9/h2-7,16H,1H3,(H,15,17)/b13-6-. The van der Waals surface area contributed by atoms with E-state index in [9.17, 15) is 9.90 Å². The van der Waals surface area contributed by atoms with Crippen LogP contribution in [0.4, 0.5) is 0 Å². The van der Waals surface area contributed by atoms with Crippen LogP contribution in [0.15, 0.2) is 34.7 Å². The average molecular weight is 261 g/mol. The number of aromatic hydroxyl groups is 1. The van der Waals surface area contributed by atoms with Gasteiger partial charge in [0, 0.05) is 10.9 Å². The van der Waals surface area contributed by atoms with Gasteiger partial charge in [0.1, 0.15) is 5.75 Å². The van der Waals surface area contributed by atoms with E-state index in [0.29, 0.717) is 11.3 Å². The topological polar surface area (TPSA) is 74.6 Å². The van der Waals surface area contributed by atoms with Gasteiger partial charge in [-0.25, -0.2) is 10.4 Å². The largest absolute Gasteiger partial charge is 0.508 e. The normalized spacial score (nSPS) is 10.7. The number of carbonyl (C=O) groups is 1. The van der Waals surface area contributed by atoms with E-state index in [4.69, 9.17) is 0 Å². The molecule has 0 fully saturated rings. The predicted octanol–water partition coefficient (Wildman–Crippen LogP) is 1.92. The lowest BCUT2D eigenvalue weighted by Crippen LogP contribution is -2.17. The molecule has 0 saturated carbocycles. The van der Waals surface area contributed by atoms with Gasteiger partial charge in [0.15, 0.2) is 0 Å². The fourth-order valence-electron chi connectivity index (χ4n) is 1.31. The number of hydrogen-bond acceptors (Lipinski definition) is 5. The minimum absolute atomic E-state index is 0.0433. The van der Waals surface area contributed by atoms with Crippen LogP contribution in [0.1, 0.15) is 21.1 Å². The van der Waals surface area contributed by atoms with Crippen molar-refractivity contribution in [1.82, 2.24) is 10.4 Å². The van der Waals surface area contributed by atoms with Crippen molar-refractivity contribution in [3.63, 3.8) is 0 Å². The Morgan fingerprint density at radius 1 is 1.56 bits per heavy atom. The number of nitrogens with zero attached hydrogens (tertiary/aromatic N) is 2. The second-order valence-electron chi connectivity index (χ2n) is 3.54. The summed E-state index contributed by atoms with van der Waals surface area (Å²) >= 11 is 1.51. The fourth-order valence-corrected chi connectivity index (χ4v) is 1.87. The lowest BCUT2D eigenvalue weighted by molar-refractivity contribution is 0.0954. The van der Waals surface area contributed by atoms with E-state index < -0.39 is 0 Å². The first kappa shape index (κ1) is 12.3. The summed E-state index contributed by atoms with van der Waals surface area (Å²) in [5.41, 5.74) is 3.42. The van der Waals surface area contributed by atoms with E-state index in [1.807, 2.05) is 12.3 Å². The van der Waals surface area contributed by atoms with Crippen molar-refractivity contribution < 1.29 is 9.90 Å². The van der Waals surface area contributed by atoms with Crippen LogP contribution in [0, 0.1) is 6.92 Å². The number of carbonyl (C=O) groups excluding carboxylic acids is 1. The minimum Gasteiger partial charge on any atom is -0.508 e. The molecular weight excluding hydrogens is 250 g/mol. The molecule has 5 nitrogen and oxygen atoms in total. The van der Waals surface area contributed by atoms with Crippen LogP contribution in [-0.4, -0.2) is 22.2 Å². The number of hydrogen-bond donors (Lipinski definition) is 2. The number of rotatable bonds is 3. The number of hydrazone groups is 1. The van der Waals surface area contributed by atoms with Crippen molar-refractivity contribution in [2.24, 2.45) is 5.10 Å². The van der Waals surface area contributed by atoms with Crippen molar-refractivity contribution in [2.75, 3.05) is 0 Å². The molecule has 6 heteroatoms. The van der Waals surface area contributed by atoms with Crippen LogP contribution >= 0.6 is 11.3 Å². The van der Waals surface area contributed by atoms with Crippen LogP contribution in [0.3, 0.4) is 0 Å². The maximum Gasteiger partial charge on any atom is 0.271 e. The Morgan fingerprint density at radius 2 is 2.39 bits per heavy atom. The number of phenols is 1. The number of aryl methyl sites for hydroxylation is 1. The summed E-state index contributed by atoms with van der Waals surface area (Å²) in [5, 5.41) is 15.8. The summed E-state index contributed by atoms with van der Waals surface area (Å²) in [7, 11) is 0. The van der Waals surface area contributed by atoms with E-state index in [0.717, 1.165) is 5.01 Å². The Morgan fingerprint density at radius 3 is 3.06 bits per heavy atom. The molecule has 0 aliphatic rings. The van der Waals surface area contributed by atoms with Gasteiger partial charge in [-0.1, -0.05) is 6.07 Å². The van der Waals surface area contributed by atoms with E-state index in [1.165, 1.54) is 29.7 Å². The minimum atomic E-state index is -0.380. The number of phenolic OH excluding ortho intramolecular Hbond substituents is 1. The van der Waals surface area contributed by atoms with Gasteiger partial charge in [0.25, 0.3) is 5.91 Å². The zero-order valence-electron chi connectivity index (χ0n) is 9.62. The third-order valence-corrected chi connectivity index (χ3v) is 2.90. The highest BCUT2D eigenvalue weighted by Crippen LogP contribution is 2.10. The molecule has 0 atom stereocenters. The molecule has 2 N–H and O–H groups in total. The van der Waals surface area contributed by atoms with Gasteiger partial charge >= 0.3 is 0 Å². The molecule has 92 valence electrons. The number of thiazole rings is 1. The van der Waals surface area contributed by atoms with Crippen LogP contribution in [-0.2, 0) is 0 Å². The summed E-state index contributed by atoms with van der Waals surface area (Å²) in [5.74, 6) is -0.337. The summed E-state index contributed by atoms with van der Waals surface area (Å²) in [4.78, 5) is 15.8. The zero-order chi connectivity index (χ0) is 13.0. The molecule has 1 aromatic heterocycles. The van der Waals surface area contributed by atoms with Crippen molar-refractivity contribution >= 4 is 23.5 Å². The molecule has 0 aliphatic heterocycles. The number of aromatic nitrogens is 1. The van der Waals surface area contributed by atoms with E-state index >= 15 is 0 Å². The molecule has 1 aromatic carbocycles. The summed E-state index contributed by atoms with van der Waals surface area (Å²) < 4.78 is 0. The molecule has 1 heterocycles. The highest BCUT2D eigenvalue weighted by atomic mass is 32.1. The molecule has 2 aromatic rings. The monoisotopic (exact) mass is 261 g/mol. The third kappa shape index (κ3) is 3.14. The first-order chi connectivity index (χ1) is 8.65. The van der Waals surface area contributed by atoms with E-state index in [1.54, 1.807) is 12.1 Å². The van der Waals surface area contributed by atoms with Gasteiger partial charge in [0.2, 0.25) is 0 Å². The van der Waals surface area contributed by atoms with Crippen molar-refractivity contribution in [2.45, 2.75) is 6.92 Å². The van der Waals surface area contributed by atoms with Gasteiger partial charge in [0.05, 0.1) is 16.9 Å². The number of amides is 1. The molecular formula is C12H11N3O2S. The SMILES string of the molecule is Cc1nc(/C=N\NC(=O)c2cccc(O)c2)cs1. The second kappa shape index (κ2) is 5.42. The molecule has 2 rings (SSSR count). The van der Waals surface area contributed by atoms with Crippen LogP contribution in [0.2, 0.25) is 0 Å². The molecule has 1 amide bonds. The molecule has 0 unspecified atom stereocenters. The highest BCUT2D eigenvalue weighted by molar-refractivity contribution is 7.09. The molecule has 18 heavy (non-hydrogen) atoms. The first-order valence-corrected chi connectivity index (χ1v) is 6.07. The Labute approximate surface area is 108 Å². The summed E-state index contributed by atoms with van der Waals surface area (Å²) in [6.45, 7) is 1.90. The number of benzene rings is 1. The molecule has 0 spiro atoms. The smallest absolute Gasteiger partial charge is 0.271 e. The van der Waals surface area contributed by atoms with Gasteiger partial charge < -0.3 is 5.11 Å². The van der Waals surface area contributed by atoms with Crippen LogP contribution in [0.5, 0.6) is 5.75 Å². The average Bonchev–Trinajstić information content (AvgIpc) is 2.75. The molecule has 0 radical (unpaired) electrons. The summed E-state index contributed by atoms with van der Waals surface area (Å²) in [6.07, 6.45) is 1.48. The highest BCUT2D eigenvalue weighted by Gasteiger charge is 2.04. The van der Waals surface area contributed by atoms with Gasteiger partial charge in [-0.3, -0.25) is 4.79 Å². The fraction of sp³-hybridized carbons (Fsp3) is 0.0833. The van der Waals surface area contributed by atoms with Crippen molar-refractivity contribution in [1.29, 1.82) is 0 Å². The van der Waals surface area contributed by atoms with Crippen molar-refractivity contribution in [3.8, 4) is 5.75 Å². The molecule has 0 saturated heterocycles. The van der Waals surface area contributed by atoms with E-state index in [-0.39, 0.29) is 11.7 Å². The molecule has 0 aliphatic carbocycles. The lowest BCUT2D eigenvalue weighted by atomic mass is 10.2. The quantitative estimate of drug-likeness (QED) is 0.654. The Hall–Kier alpha value is -2.21. The van der Waals surface area contributed by atoms with Crippen LogP contribution < -0.4 is 5.43 Å². The predicted molar refractivity (Wildman–Crippen MR) is 70.0 cm³/mol. The third-order valence-electron chi connectivity index (χ3n) is 2.11. The zero-order valence-corrected chi connectivity index (χ0v) is 10.4. The Balaban J connectivity index is 1.98. The van der Waals surface area contributed by atoms with E-state index in [2.05, 4.69) is 15.5 Å². The Bertz CT molecular complexity index is 593. The van der Waals surface area contributed by atoms with Gasteiger partial charge in [-0.05, 0) is 25.1 Å². The Kier molecular flexibility index (Phi) is 3.69. The van der Waals surface area contributed by atoms with Crippen LogP contribution in [0.25, 0.3) is 0 Å². The number of nitrogens with one attached hydrogen (secondary N) is 1. The summed E-state index contributed by atoms with van der Waals surface area (Å²) in [6, 6.07) is 6.06. The van der Waals surface area contributed by atoms with Gasteiger partial charge in [-0.2, -0.15) is 5.10 Å². The van der Waals surface area contributed by atoms with Gasteiger partial charge in [-0.15, -0.1) is 11.3 Å².